The maximum atomic E-state index is 2.00. The summed E-state index contributed by atoms with van der Waals surface area (Å²) in [6.45, 7) is 16.0. The summed E-state index contributed by atoms with van der Waals surface area (Å²) in [4.78, 5) is 0. The zero-order valence-electron chi connectivity index (χ0n) is 15.7. The average molecular weight is 283 g/mol. The summed E-state index contributed by atoms with van der Waals surface area (Å²) in [6, 6.07) is 12.0. The van der Waals surface area contributed by atoms with E-state index in [1.54, 1.807) is 0 Å². The highest BCUT2D eigenvalue weighted by atomic mass is 14.0. The molecule has 0 bridgehead atoms. The van der Waals surface area contributed by atoms with Gasteiger partial charge in [0, 0.05) is 0 Å². The minimum Gasteiger partial charge on any atom is -0.0683 e. The summed E-state index contributed by atoms with van der Waals surface area (Å²) in [5.74, 6) is 0. The van der Waals surface area contributed by atoms with Crippen LogP contribution in [0.2, 0.25) is 0 Å². The van der Waals surface area contributed by atoms with Gasteiger partial charge in [0.2, 0.25) is 0 Å². The molecule has 0 heteroatoms. The lowest BCUT2D eigenvalue weighted by Gasteiger charge is -2.05. The zero-order chi connectivity index (χ0) is 16.5. The van der Waals surface area contributed by atoms with Crippen molar-refractivity contribution in [3.63, 3.8) is 0 Å². The van der Waals surface area contributed by atoms with Crippen LogP contribution in [-0.4, -0.2) is 0 Å². The van der Waals surface area contributed by atoms with Gasteiger partial charge in [-0.15, -0.1) is 0 Å². The zero-order valence-corrected chi connectivity index (χ0v) is 15.7. The van der Waals surface area contributed by atoms with Gasteiger partial charge in [-0.25, -0.2) is 0 Å². The van der Waals surface area contributed by atoms with E-state index >= 15 is 0 Å². The maximum absolute atomic E-state index is 2.00. The minimum absolute atomic E-state index is 1.50. The fraction of sp³-hybridized carbons (Fsp3) is 0.700. The van der Waals surface area contributed by atoms with Crippen LogP contribution in [0.3, 0.4) is 0 Å². The highest BCUT2D eigenvalue weighted by Gasteiger charge is 1.95. The summed E-state index contributed by atoms with van der Waals surface area (Å²) in [5.41, 5.74) is 0. The van der Waals surface area contributed by atoms with Gasteiger partial charge in [-0.1, -0.05) is 130 Å². The Hall–Kier alpha value is -0.780. The Morgan fingerprint density at radius 1 is 0.300 bits per heavy atom. The Labute approximate surface area is 131 Å². The molecule has 1 aromatic rings. The molecular formula is C20H42. The molecule has 0 heterocycles. The molecule has 0 saturated heterocycles. The first-order chi connectivity index (χ1) is 10.0. The van der Waals surface area contributed by atoms with Crippen LogP contribution < -0.4 is 0 Å². The van der Waals surface area contributed by atoms with E-state index in [1.165, 1.54) is 38.5 Å². The van der Waals surface area contributed by atoms with Gasteiger partial charge in [-0.3, -0.25) is 0 Å². The lowest BCUT2D eigenvalue weighted by Crippen LogP contribution is -1.85. The van der Waals surface area contributed by atoms with Crippen molar-refractivity contribution in [2.24, 2.45) is 0 Å². The van der Waals surface area contributed by atoms with Crippen molar-refractivity contribution in [2.45, 2.75) is 93.9 Å². The van der Waals surface area contributed by atoms with Gasteiger partial charge >= 0.3 is 0 Å². The van der Waals surface area contributed by atoms with Crippen LogP contribution in [0.4, 0.5) is 0 Å². The fourth-order valence-electron chi connectivity index (χ4n) is 1.45. The van der Waals surface area contributed by atoms with E-state index in [2.05, 4.69) is 0 Å². The predicted molar refractivity (Wildman–Crippen MR) is 99.5 cm³/mol. The van der Waals surface area contributed by atoms with Crippen molar-refractivity contribution in [3.8, 4) is 0 Å². The van der Waals surface area contributed by atoms with Crippen LogP contribution in [0.5, 0.6) is 0 Å². The lowest BCUT2D eigenvalue weighted by atomic mass is 10.0. The molecule has 1 aromatic carbocycles. The van der Waals surface area contributed by atoms with Gasteiger partial charge in [0.1, 0.15) is 0 Å². The third-order valence-corrected chi connectivity index (χ3v) is 2.17. The second-order valence-corrected chi connectivity index (χ2v) is 3.28. The van der Waals surface area contributed by atoms with E-state index in [4.69, 9.17) is 0 Å². The summed E-state index contributed by atoms with van der Waals surface area (Å²) in [6.07, 6.45) is 9.00. The molecule has 1 saturated carbocycles. The first-order valence-corrected chi connectivity index (χ1v) is 9.00. The molecule has 1 aliphatic rings. The molecule has 0 nitrogen and oxygen atoms in total. The Morgan fingerprint density at radius 2 is 0.400 bits per heavy atom. The summed E-state index contributed by atoms with van der Waals surface area (Å²) in [7, 11) is 0. The number of benzene rings is 1. The van der Waals surface area contributed by atoms with Crippen molar-refractivity contribution in [1.29, 1.82) is 0 Å². The lowest BCUT2D eigenvalue weighted by molar-refractivity contribution is 0.504. The number of hydrogen-bond acceptors (Lipinski definition) is 0. The second-order valence-electron chi connectivity index (χ2n) is 3.28. The predicted octanol–water partition coefficient (Wildman–Crippen LogP) is 8.13. The number of rotatable bonds is 0. The van der Waals surface area contributed by atoms with E-state index < -0.39 is 0 Å². The smallest absolute Gasteiger partial charge is 0.0533 e. The van der Waals surface area contributed by atoms with Crippen LogP contribution in [0, 0.1) is 0 Å². The normalized spacial score (nSPS) is 10.8. The second kappa shape index (κ2) is 42.9. The Bertz CT molecular complexity index is 124. The molecule has 0 aliphatic heterocycles. The van der Waals surface area contributed by atoms with Crippen LogP contribution in [0.15, 0.2) is 36.4 Å². The Morgan fingerprint density at radius 3 is 0.500 bits per heavy atom. The van der Waals surface area contributed by atoms with E-state index in [-0.39, 0.29) is 0 Å². The molecule has 1 aliphatic carbocycles. The van der Waals surface area contributed by atoms with Crippen molar-refractivity contribution in [3.05, 3.63) is 36.4 Å². The van der Waals surface area contributed by atoms with Gasteiger partial charge in [0.05, 0.1) is 0 Å². The molecule has 0 amide bonds. The Balaban J connectivity index is -0.0000000863. The van der Waals surface area contributed by atoms with Gasteiger partial charge in [-0.2, -0.15) is 0 Å². The molecule has 1 fully saturated rings. The molecule has 122 valence electrons. The number of hydrogen-bond donors (Lipinski definition) is 0. The summed E-state index contributed by atoms with van der Waals surface area (Å²) < 4.78 is 0. The molecule has 0 aromatic heterocycles. The molecule has 0 spiro atoms. The largest absolute Gasteiger partial charge is 0.0683 e. The summed E-state index contributed by atoms with van der Waals surface area (Å²) in [5, 5.41) is 0. The molecule has 0 radical (unpaired) electrons. The third-order valence-electron chi connectivity index (χ3n) is 2.17. The monoisotopic (exact) mass is 282 g/mol. The average Bonchev–Trinajstić information content (AvgIpc) is 2.65. The van der Waals surface area contributed by atoms with Gasteiger partial charge < -0.3 is 0 Å². The quantitative estimate of drug-likeness (QED) is 0.450. The molecule has 0 unspecified atom stereocenters. The van der Waals surface area contributed by atoms with E-state index in [0.29, 0.717) is 0 Å². The van der Waals surface area contributed by atoms with Crippen LogP contribution in [0.25, 0.3) is 0 Å². The van der Waals surface area contributed by atoms with Crippen molar-refractivity contribution in [2.75, 3.05) is 0 Å². The highest BCUT2D eigenvalue weighted by molar-refractivity contribution is 4.99. The van der Waals surface area contributed by atoms with E-state index in [0.717, 1.165) is 0 Å². The van der Waals surface area contributed by atoms with Crippen LogP contribution in [-0.2, 0) is 0 Å². The van der Waals surface area contributed by atoms with Crippen LogP contribution in [0.1, 0.15) is 93.9 Å². The fourth-order valence-corrected chi connectivity index (χ4v) is 1.45. The highest BCUT2D eigenvalue weighted by Crippen LogP contribution is 2.15. The van der Waals surface area contributed by atoms with Gasteiger partial charge in [0.15, 0.2) is 0 Å². The molecule has 0 N–H and O–H groups in total. The standard InChI is InChI=1S/C6H12.C6H6.4C2H6/c2*1-2-4-6-5-3-1;4*1-2/h1-6H2;1-6H;4*1-2H3. The SMILES string of the molecule is C1CCCCC1.CC.CC.CC.CC.c1ccccc1. The molecular weight excluding hydrogens is 240 g/mol. The first-order valence-electron chi connectivity index (χ1n) is 9.00. The first kappa shape index (κ1) is 27.5. The maximum Gasteiger partial charge on any atom is -0.0533 e. The molecule has 2 rings (SSSR count). The third kappa shape index (κ3) is 36.0. The Kier molecular flexibility index (Phi) is 59.1. The van der Waals surface area contributed by atoms with E-state index in [1.807, 2.05) is 91.8 Å². The molecule has 0 atom stereocenters. The van der Waals surface area contributed by atoms with Gasteiger partial charge in [-0.05, 0) is 0 Å². The van der Waals surface area contributed by atoms with Crippen molar-refractivity contribution < 1.29 is 0 Å². The minimum atomic E-state index is 1.50. The van der Waals surface area contributed by atoms with E-state index in [9.17, 15) is 0 Å². The molecule has 20 heavy (non-hydrogen) atoms. The summed E-state index contributed by atoms with van der Waals surface area (Å²) >= 11 is 0. The topological polar surface area (TPSA) is 0 Å². The van der Waals surface area contributed by atoms with Crippen molar-refractivity contribution >= 4 is 0 Å². The van der Waals surface area contributed by atoms with Crippen LogP contribution >= 0.6 is 0 Å². The van der Waals surface area contributed by atoms with Gasteiger partial charge in [0.25, 0.3) is 0 Å². The van der Waals surface area contributed by atoms with Crippen molar-refractivity contribution in [1.82, 2.24) is 0 Å².